The van der Waals surface area contributed by atoms with Crippen molar-refractivity contribution in [3.63, 3.8) is 0 Å². The lowest BCUT2D eigenvalue weighted by molar-refractivity contribution is -0.129. The average Bonchev–Trinajstić information content (AvgIpc) is 3.26. The first-order valence-electron chi connectivity index (χ1n) is 11.2. The summed E-state index contributed by atoms with van der Waals surface area (Å²) in [6.07, 6.45) is 3.38. The highest BCUT2D eigenvalue weighted by atomic mass is 35.5. The van der Waals surface area contributed by atoms with Gasteiger partial charge in [-0.25, -0.2) is 5.48 Å². The number of nitrogens with zero attached hydrogens (tertiary/aromatic N) is 1. The molecule has 3 aromatic rings. The molecule has 0 spiro atoms. The molecule has 0 saturated heterocycles. The fourth-order valence-electron chi connectivity index (χ4n) is 3.70. The number of rotatable bonds is 12. The first kappa shape index (κ1) is 25.2. The van der Waals surface area contributed by atoms with E-state index in [1.54, 1.807) is 52.5 Å². The largest absolute Gasteiger partial charge is 0.351 e. The average molecular weight is 482 g/mol. The molecular weight excluding hydrogens is 454 g/mol. The molecule has 0 aliphatic carbocycles. The number of carbonyl (C=O) groups is 3. The Kier molecular flexibility index (Phi) is 9.43. The molecule has 7 nitrogen and oxygen atoms in total. The van der Waals surface area contributed by atoms with Crippen LogP contribution in [-0.4, -0.2) is 33.9 Å². The summed E-state index contributed by atoms with van der Waals surface area (Å²) in [4.78, 5) is 37.1. The van der Waals surface area contributed by atoms with Gasteiger partial charge in [-0.3, -0.25) is 19.6 Å². The molecule has 0 aliphatic rings. The third-order valence-corrected chi connectivity index (χ3v) is 5.69. The summed E-state index contributed by atoms with van der Waals surface area (Å²) in [7, 11) is 0. The highest BCUT2D eigenvalue weighted by Gasteiger charge is 2.20. The number of aromatic nitrogens is 1. The molecule has 0 fully saturated rings. The Balaban J connectivity index is 1.69. The fourth-order valence-corrected chi connectivity index (χ4v) is 3.92. The van der Waals surface area contributed by atoms with Crippen LogP contribution in [0.15, 0.2) is 66.7 Å². The van der Waals surface area contributed by atoms with Crippen molar-refractivity contribution in [2.75, 3.05) is 6.54 Å². The molecule has 1 heterocycles. The molecule has 2 aromatic carbocycles. The van der Waals surface area contributed by atoms with Crippen molar-refractivity contribution in [1.82, 2.24) is 15.4 Å². The second-order valence-electron chi connectivity index (χ2n) is 7.97. The van der Waals surface area contributed by atoms with Gasteiger partial charge in [0.15, 0.2) is 0 Å². The highest BCUT2D eigenvalue weighted by Crippen LogP contribution is 2.19. The Morgan fingerprint density at radius 1 is 0.853 bits per heavy atom. The molecule has 0 radical (unpaired) electrons. The zero-order chi connectivity index (χ0) is 24.3. The van der Waals surface area contributed by atoms with Crippen molar-refractivity contribution in [2.24, 2.45) is 0 Å². The van der Waals surface area contributed by atoms with E-state index < -0.39 is 5.91 Å². The van der Waals surface area contributed by atoms with E-state index in [0.29, 0.717) is 41.5 Å². The second-order valence-corrected chi connectivity index (χ2v) is 8.41. The third kappa shape index (κ3) is 7.04. The maximum Gasteiger partial charge on any atom is 0.267 e. The third-order valence-electron chi connectivity index (χ3n) is 5.45. The highest BCUT2D eigenvalue weighted by molar-refractivity contribution is 6.30. The monoisotopic (exact) mass is 481 g/mol. The Bertz CT molecular complexity index is 1130. The number of hydrogen-bond donors (Lipinski definition) is 3. The second kappa shape index (κ2) is 12.7. The van der Waals surface area contributed by atoms with Gasteiger partial charge in [0, 0.05) is 30.1 Å². The Hall–Kier alpha value is -3.42. The molecule has 0 aliphatic heterocycles. The molecule has 178 valence electrons. The summed E-state index contributed by atoms with van der Waals surface area (Å²) in [6, 6.07) is 19.7. The topological polar surface area (TPSA) is 100 Å². The zero-order valence-electron chi connectivity index (χ0n) is 18.8. The van der Waals surface area contributed by atoms with E-state index in [9.17, 15) is 14.4 Å². The normalized spacial score (nSPS) is 10.6. The van der Waals surface area contributed by atoms with E-state index in [1.165, 1.54) is 0 Å². The summed E-state index contributed by atoms with van der Waals surface area (Å²) >= 11 is 6.14. The number of carbonyl (C=O) groups excluding carboxylic acids is 3. The summed E-state index contributed by atoms with van der Waals surface area (Å²) in [6.45, 7) is 0.812. The van der Waals surface area contributed by atoms with Crippen LogP contribution in [0.2, 0.25) is 5.02 Å². The van der Waals surface area contributed by atoms with Crippen LogP contribution < -0.4 is 10.8 Å². The van der Waals surface area contributed by atoms with Gasteiger partial charge in [0.05, 0.1) is 5.69 Å². The van der Waals surface area contributed by atoms with Crippen molar-refractivity contribution < 1.29 is 19.6 Å². The number of benzene rings is 2. The van der Waals surface area contributed by atoms with E-state index in [2.05, 4.69) is 5.32 Å². The number of unbranched alkanes of at least 4 members (excludes halogenated alkanes) is 3. The predicted octanol–water partition coefficient (Wildman–Crippen LogP) is 4.61. The summed E-state index contributed by atoms with van der Waals surface area (Å²) in [5.41, 5.74) is 3.88. The number of hydroxylamine groups is 1. The van der Waals surface area contributed by atoms with E-state index in [1.807, 2.05) is 24.3 Å². The Morgan fingerprint density at radius 2 is 1.59 bits per heavy atom. The Labute approximate surface area is 203 Å². The first-order chi connectivity index (χ1) is 16.5. The molecular formula is C26H28ClN3O4. The van der Waals surface area contributed by atoms with Gasteiger partial charge in [-0.15, -0.1) is 0 Å². The molecule has 8 heteroatoms. The van der Waals surface area contributed by atoms with E-state index in [4.69, 9.17) is 16.8 Å². The standard InChI is InChI=1S/C26H28ClN3O4/c27-21-12-8-9-19(17-21)18-30-22(25(32)20-10-4-3-5-11-20)14-15-23(30)26(33)28-16-7-2-1-6-13-24(31)29-34/h3-5,8-12,14-15,17,34H,1-2,6-7,13,16,18H2,(H,28,33)(H,29,31). The summed E-state index contributed by atoms with van der Waals surface area (Å²) < 4.78 is 1.73. The number of amides is 2. The number of hydrogen-bond acceptors (Lipinski definition) is 4. The molecule has 1 aromatic heterocycles. The van der Waals surface area contributed by atoms with Crippen molar-refractivity contribution in [1.29, 1.82) is 0 Å². The number of ketones is 1. The first-order valence-corrected chi connectivity index (χ1v) is 11.6. The van der Waals surface area contributed by atoms with Crippen molar-refractivity contribution in [2.45, 2.75) is 38.6 Å². The zero-order valence-corrected chi connectivity index (χ0v) is 19.6. The minimum absolute atomic E-state index is 0.159. The smallest absolute Gasteiger partial charge is 0.267 e. The molecule has 2 amide bonds. The maximum absolute atomic E-state index is 13.2. The SMILES string of the molecule is O=C(CCCCCCNC(=O)c1ccc(C(=O)c2ccccc2)n1Cc1cccc(Cl)c1)NO. The van der Waals surface area contributed by atoms with Crippen molar-refractivity contribution >= 4 is 29.2 Å². The quantitative estimate of drug-likeness (QED) is 0.152. The molecule has 34 heavy (non-hydrogen) atoms. The van der Waals surface area contributed by atoms with Gasteiger partial charge in [0.25, 0.3) is 5.91 Å². The van der Waals surface area contributed by atoms with Gasteiger partial charge >= 0.3 is 0 Å². The lowest BCUT2D eigenvalue weighted by Crippen LogP contribution is -2.28. The van der Waals surface area contributed by atoms with Crippen molar-refractivity contribution in [3.8, 4) is 0 Å². The molecule has 0 bridgehead atoms. The molecule has 3 N–H and O–H groups in total. The van der Waals surface area contributed by atoms with Gasteiger partial charge in [0.2, 0.25) is 11.7 Å². The molecule has 3 rings (SSSR count). The molecule has 0 saturated carbocycles. The summed E-state index contributed by atoms with van der Waals surface area (Å²) in [5.74, 6) is -0.808. The number of nitrogens with one attached hydrogen (secondary N) is 2. The Morgan fingerprint density at radius 3 is 2.32 bits per heavy atom. The lowest BCUT2D eigenvalue weighted by Gasteiger charge is -2.14. The van der Waals surface area contributed by atoms with Crippen LogP contribution in [-0.2, 0) is 11.3 Å². The lowest BCUT2D eigenvalue weighted by atomic mass is 10.1. The van der Waals surface area contributed by atoms with Crippen LogP contribution in [0.4, 0.5) is 0 Å². The van der Waals surface area contributed by atoms with E-state index >= 15 is 0 Å². The minimum atomic E-state index is -0.394. The van der Waals surface area contributed by atoms with Gasteiger partial charge in [-0.2, -0.15) is 0 Å². The van der Waals surface area contributed by atoms with E-state index in [0.717, 1.165) is 24.8 Å². The van der Waals surface area contributed by atoms with E-state index in [-0.39, 0.29) is 18.1 Å². The number of halogens is 1. The van der Waals surface area contributed by atoms with Crippen molar-refractivity contribution in [3.05, 3.63) is 94.3 Å². The van der Waals surface area contributed by atoms with Crippen LogP contribution in [0, 0.1) is 0 Å². The van der Waals surface area contributed by atoms with Crippen LogP contribution in [0.25, 0.3) is 0 Å². The van der Waals surface area contributed by atoms with Gasteiger partial charge < -0.3 is 9.88 Å². The molecule has 0 atom stereocenters. The predicted molar refractivity (Wildman–Crippen MR) is 130 cm³/mol. The maximum atomic E-state index is 13.2. The van der Waals surface area contributed by atoms with Gasteiger partial charge in [-0.05, 0) is 42.7 Å². The molecule has 0 unspecified atom stereocenters. The van der Waals surface area contributed by atoms with Gasteiger partial charge in [-0.1, -0.05) is 66.9 Å². The van der Waals surface area contributed by atoms with Crippen LogP contribution in [0.1, 0.15) is 64.2 Å². The fraction of sp³-hybridized carbons (Fsp3) is 0.269. The minimum Gasteiger partial charge on any atom is -0.351 e. The van der Waals surface area contributed by atoms with Crippen LogP contribution in [0.5, 0.6) is 0 Å². The summed E-state index contributed by atoms with van der Waals surface area (Å²) in [5, 5.41) is 12.0. The van der Waals surface area contributed by atoms with Gasteiger partial charge in [0.1, 0.15) is 5.69 Å². The van der Waals surface area contributed by atoms with Crippen LogP contribution in [0.3, 0.4) is 0 Å². The van der Waals surface area contributed by atoms with Crippen LogP contribution >= 0.6 is 11.6 Å².